The Morgan fingerprint density at radius 1 is 1.00 bits per heavy atom. The molecule has 0 atom stereocenters. The Bertz CT molecular complexity index is 1640. The van der Waals surface area contributed by atoms with Gasteiger partial charge < -0.3 is 20.4 Å². The highest BCUT2D eigenvalue weighted by Crippen LogP contribution is 2.36. The second-order valence-corrected chi connectivity index (χ2v) is 8.74. The number of aryl methyl sites for hydroxylation is 1. The summed E-state index contributed by atoms with van der Waals surface area (Å²) in [5.41, 5.74) is 1.52. The SMILES string of the molecule is Cc1cc(NC(=O)Nc2ccc(Cl)c(C(F)(F)F)c2)ccc1-c1nccc(Nc2cc(-c3ccco3)[nH]n2)n1. The molecular formula is C26H19ClF3N7O2. The summed E-state index contributed by atoms with van der Waals surface area (Å²) in [4.78, 5) is 21.3. The topological polar surface area (TPSA) is 121 Å². The van der Waals surface area contributed by atoms with Crippen LogP contribution in [0.15, 0.2) is 77.5 Å². The molecule has 0 fully saturated rings. The van der Waals surface area contributed by atoms with Crippen LogP contribution in [-0.4, -0.2) is 26.2 Å². The van der Waals surface area contributed by atoms with Crippen molar-refractivity contribution in [2.24, 2.45) is 0 Å². The van der Waals surface area contributed by atoms with Gasteiger partial charge in [0, 0.05) is 29.2 Å². The smallest absolute Gasteiger partial charge is 0.417 e. The van der Waals surface area contributed by atoms with Gasteiger partial charge in [0.05, 0.1) is 16.8 Å². The van der Waals surface area contributed by atoms with E-state index in [0.29, 0.717) is 34.6 Å². The average Bonchev–Trinajstić information content (AvgIpc) is 3.57. The number of anilines is 4. The van der Waals surface area contributed by atoms with E-state index >= 15 is 0 Å². The highest BCUT2D eigenvalue weighted by molar-refractivity contribution is 6.31. The third-order valence-corrected chi connectivity index (χ3v) is 5.86. The van der Waals surface area contributed by atoms with E-state index in [1.165, 1.54) is 6.07 Å². The summed E-state index contributed by atoms with van der Waals surface area (Å²) in [6, 6.07) is 14.6. The summed E-state index contributed by atoms with van der Waals surface area (Å²) < 4.78 is 44.6. The molecule has 0 aliphatic carbocycles. The number of H-pyrrole nitrogens is 1. The fourth-order valence-electron chi connectivity index (χ4n) is 3.74. The molecule has 2 aromatic carbocycles. The Labute approximate surface area is 224 Å². The van der Waals surface area contributed by atoms with Crippen LogP contribution in [0.1, 0.15) is 11.1 Å². The van der Waals surface area contributed by atoms with Crippen molar-refractivity contribution in [3.05, 3.63) is 89.3 Å². The van der Waals surface area contributed by atoms with Crippen LogP contribution in [-0.2, 0) is 6.18 Å². The summed E-state index contributed by atoms with van der Waals surface area (Å²) in [5.74, 6) is 2.14. The zero-order valence-corrected chi connectivity index (χ0v) is 20.9. The van der Waals surface area contributed by atoms with Gasteiger partial charge in [-0.15, -0.1) is 0 Å². The summed E-state index contributed by atoms with van der Waals surface area (Å²) in [6.45, 7) is 1.82. The lowest BCUT2D eigenvalue weighted by Crippen LogP contribution is -2.20. The lowest BCUT2D eigenvalue weighted by Gasteiger charge is -2.13. The second kappa shape index (κ2) is 10.5. The minimum Gasteiger partial charge on any atom is -0.463 e. The first kappa shape index (κ1) is 25.8. The van der Waals surface area contributed by atoms with E-state index in [0.717, 1.165) is 23.3 Å². The molecule has 9 nitrogen and oxygen atoms in total. The van der Waals surface area contributed by atoms with Crippen molar-refractivity contribution in [2.45, 2.75) is 13.1 Å². The van der Waals surface area contributed by atoms with Gasteiger partial charge in [-0.05, 0) is 67.1 Å². The van der Waals surface area contributed by atoms with Gasteiger partial charge in [-0.25, -0.2) is 14.8 Å². The average molecular weight is 554 g/mol. The van der Waals surface area contributed by atoms with E-state index in [9.17, 15) is 18.0 Å². The molecule has 0 bridgehead atoms. The summed E-state index contributed by atoms with van der Waals surface area (Å²) in [7, 11) is 0. The number of aromatic nitrogens is 4. The minimum absolute atomic E-state index is 0.0523. The van der Waals surface area contributed by atoms with Crippen molar-refractivity contribution in [3.8, 4) is 22.8 Å². The Morgan fingerprint density at radius 3 is 2.49 bits per heavy atom. The predicted octanol–water partition coefficient (Wildman–Crippen LogP) is 7.49. The van der Waals surface area contributed by atoms with E-state index in [1.807, 2.05) is 13.0 Å². The zero-order chi connectivity index (χ0) is 27.6. The molecule has 0 unspecified atom stereocenters. The van der Waals surface area contributed by atoms with Gasteiger partial charge in [-0.2, -0.15) is 18.3 Å². The van der Waals surface area contributed by atoms with Crippen molar-refractivity contribution in [1.82, 2.24) is 20.2 Å². The third kappa shape index (κ3) is 6.02. The number of benzene rings is 2. The van der Waals surface area contributed by atoms with Gasteiger partial charge >= 0.3 is 12.2 Å². The van der Waals surface area contributed by atoms with Gasteiger partial charge in [0.25, 0.3) is 0 Å². The number of rotatable bonds is 6. The Hall–Kier alpha value is -4.84. The van der Waals surface area contributed by atoms with Crippen molar-refractivity contribution in [2.75, 3.05) is 16.0 Å². The van der Waals surface area contributed by atoms with Crippen LogP contribution in [0.5, 0.6) is 0 Å². The van der Waals surface area contributed by atoms with Gasteiger partial charge in [-0.3, -0.25) is 5.10 Å². The van der Waals surface area contributed by atoms with Crippen LogP contribution < -0.4 is 16.0 Å². The summed E-state index contributed by atoms with van der Waals surface area (Å²) >= 11 is 5.63. The number of aromatic amines is 1. The molecule has 0 spiro atoms. The van der Waals surface area contributed by atoms with Crippen LogP contribution in [0.2, 0.25) is 5.02 Å². The molecule has 0 aliphatic rings. The molecule has 3 aromatic heterocycles. The number of urea groups is 1. The van der Waals surface area contributed by atoms with Gasteiger partial charge in [-0.1, -0.05) is 11.6 Å². The third-order valence-electron chi connectivity index (χ3n) is 5.53. The molecule has 13 heteroatoms. The van der Waals surface area contributed by atoms with E-state index in [2.05, 4.69) is 36.1 Å². The number of furan rings is 1. The quantitative estimate of drug-likeness (QED) is 0.173. The van der Waals surface area contributed by atoms with E-state index in [4.69, 9.17) is 16.0 Å². The first-order valence-electron chi connectivity index (χ1n) is 11.4. The predicted molar refractivity (Wildman–Crippen MR) is 141 cm³/mol. The molecule has 0 saturated heterocycles. The second-order valence-electron chi connectivity index (χ2n) is 8.34. The Morgan fingerprint density at radius 2 is 1.77 bits per heavy atom. The molecule has 5 aromatic rings. The molecule has 0 saturated carbocycles. The van der Waals surface area contributed by atoms with Crippen LogP contribution in [0, 0.1) is 6.92 Å². The number of halogens is 4. The molecular weight excluding hydrogens is 535 g/mol. The molecule has 198 valence electrons. The molecule has 5 rings (SSSR count). The van der Waals surface area contributed by atoms with Crippen LogP contribution in [0.3, 0.4) is 0 Å². The van der Waals surface area contributed by atoms with E-state index in [1.54, 1.807) is 48.9 Å². The number of nitrogens with zero attached hydrogens (tertiary/aromatic N) is 3. The maximum absolute atomic E-state index is 13.1. The number of alkyl halides is 3. The number of hydrogen-bond donors (Lipinski definition) is 4. The first-order valence-corrected chi connectivity index (χ1v) is 11.8. The lowest BCUT2D eigenvalue weighted by molar-refractivity contribution is -0.137. The highest BCUT2D eigenvalue weighted by Gasteiger charge is 2.33. The Balaban J connectivity index is 1.26. The summed E-state index contributed by atoms with van der Waals surface area (Å²) in [6.07, 6.45) is -1.47. The van der Waals surface area contributed by atoms with Gasteiger partial charge in [0.2, 0.25) is 0 Å². The maximum atomic E-state index is 13.1. The number of carbonyl (C=O) groups is 1. The molecule has 3 heterocycles. The van der Waals surface area contributed by atoms with Crippen molar-refractivity contribution >= 4 is 40.6 Å². The lowest BCUT2D eigenvalue weighted by atomic mass is 10.1. The largest absolute Gasteiger partial charge is 0.463 e. The van der Waals surface area contributed by atoms with Crippen molar-refractivity contribution in [3.63, 3.8) is 0 Å². The van der Waals surface area contributed by atoms with Crippen molar-refractivity contribution < 1.29 is 22.4 Å². The number of amides is 2. The van der Waals surface area contributed by atoms with Crippen LogP contribution in [0.25, 0.3) is 22.8 Å². The normalized spacial score (nSPS) is 11.3. The minimum atomic E-state index is -4.64. The Kier molecular flexibility index (Phi) is 6.94. The number of nitrogens with one attached hydrogen (secondary N) is 4. The number of hydrogen-bond acceptors (Lipinski definition) is 6. The molecule has 4 N–H and O–H groups in total. The fourth-order valence-corrected chi connectivity index (χ4v) is 3.96. The van der Waals surface area contributed by atoms with E-state index in [-0.39, 0.29) is 5.69 Å². The van der Waals surface area contributed by atoms with Gasteiger partial charge in [0.15, 0.2) is 17.4 Å². The van der Waals surface area contributed by atoms with Crippen LogP contribution in [0.4, 0.5) is 41.0 Å². The molecule has 0 radical (unpaired) electrons. The number of carbonyl (C=O) groups excluding carboxylic acids is 1. The molecule has 0 aliphatic heterocycles. The van der Waals surface area contributed by atoms with Crippen molar-refractivity contribution in [1.29, 1.82) is 0 Å². The highest BCUT2D eigenvalue weighted by atomic mass is 35.5. The summed E-state index contributed by atoms with van der Waals surface area (Å²) in [5, 5.41) is 14.7. The molecule has 39 heavy (non-hydrogen) atoms. The molecule has 2 amide bonds. The zero-order valence-electron chi connectivity index (χ0n) is 20.1. The van der Waals surface area contributed by atoms with E-state index < -0.39 is 22.8 Å². The van der Waals surface area contributed by atoms with Crippen LogP contribution >= 0.6 is 11.6 Å². The fraction of sp³-hybridized carbons (Fsp3) is 0.0769. The monoisotopic (exact) mass is 553 g/mol. The standard InChI is InChI=1S/C26H19ClF3N7O2/c1-14-11-15(32-25(38)33-16-5-7-19(27)18(12-16)26(28,29)30)4-6-17(14)24-31-9-8-22(35-24)34-23-13-20(36-37-23)21-3-2-10-39-21/h2-13H,1H3,(H2,32,33,38)(H2,31,34,35,36,37). The van der Waals surface area contributed by atoms with Gasteiger partial charge in [0.1, 0.15) is 11.5 Å². The maximum Gasteiger partial charge on any atom is 0.417 e. The first-order chi connectivity index (χ1) is 18.7.